The Morgan fingerprint density at radius 3 is 2.78 bits per heavy atom. The molecule has 0 fully saturated rings. The van der Waals surface area contributed by atoms with Gasteiger partial charge in [0.15, 0.2) is 0 Å². The lowest BCUT2D eigenvalue weighted by atomic mass is 10.2. The number of carbonyl (C=O) groups excluding carboxylic acids is 1. The van der Waals surface area contributed by atoms with Crippen LogP contribution in [0.1, 0.15) is 12.0 Å². The Balaban J connectivity index is 2.36. The number of carbonyl (C=O) groups is 2. The standard InChI is InChI=1S/C12H14BrNO3S/c1-8-6-9(13)2-3-10(8)18-7-11(15)14-5-4-12(16)17/h2-3,6H,4-5,7H2,1H3,(H,14,15)(H,16,17). The Hall–Kier alpha value is -1.01. The SMILES string of the molecule is Cc1cc(Br)ccc1SCC(=O)NCCC(=O)O. The van der Waals surface area contributed by atoms with Crippen LogP contribution in [0.4, 0.5) is 0 Å². The summed E-state index contributed by atoms with van der Waals surface area (Å²) in [6.45, 7) is 2.16. The van der Waals surface area contributed by atoms with Gasteiger partial charge >= 0.3 is 5.97 Å². The van der Waals surface area contributed by atoms with Gasteiger partial charge in [-0.3, -0.25) is 9.59 Å². The van der Waals surface area contributed by atoms with Crippen molar-refractivity contribution in [2.75, 3.05) is 12.3 Å². The van der Waals surface area contributed by atoms with E-state index in [1.807, 2.05) is 25.1 Å². The second kappa shape index (κ2) is 7.43. The molecule has 0 spiro atoms. The van der Waals surface area contributed by atoms with Gasteiger partial charge in [-0.05, 0) is 30.7 Å². The van der Waals surface area contributed by atoms with Crippen molar-refractivity contribution < 1.29 is 14.7 Å². The van der Waals surface area contributed by atoms with E-state index in [-0.39, 0.29) is 18.9 Å². The molecule has 18 heavy (non-hydrogen) atoms. The van der Waals surface area contributed by atoms with Gasteiger partial charge < -0.3 is 10.4 Å². The molecule has 6 heteroatoms. The van der Waals surface area contributed by atoms with E-state index in [1.165, 1.54) is 11.8 Å². The Morgan fingerprint density at radius 1 is 1.44 bits per heavy atom. The van der Waals surface area contributed by atoms with Crippen molar-refractivity contribution in [3.05, 3.63) is 28.2 Å². The van der Waals surface area contributed by atoms with Gasteiger partial charge in [-0.2, -0.15) is 0 Å². The minimum atomic E-state index is -0.910. The van der Waals surface area contributed by atoms with Crippen molar-refractivity contribution in [1.29, 1.82) is 0 Å². The molecule has 0 unspecified atom stereocenters. The van der Waals surface area contributed by atoms with Crippen LogP contribution in [0.2, 0.25) is 0 Å². The van der Waals surface area contributed by atoms with Crippen LogP contribution in [0, 0.1) is 6.92 Å². The Labute approximate surface area is 118 Å². The quantitative estimate of drug-likeness (QED) is 0.786. The number of benzene rings is 1. The van der Waals surface area contributed by atoms with Crippen LogP contribution in [0.5, 0.6) is 0 Å². The number of carboxylic acid groups (broad SMARTS) is 1. The van der Waals surface area contributed by atoms with E-state index in [4.69, 9.17) is 5.11 Å². The summed E-state index contributed by atoms with van der Waals surface area (Å²) in [5, 5.41) is 11.0. The number of aryl methyl sites for hydroxylation is 1. The molecule has 98 valence electrons. The van der Waals surface area contributed by atoms with Gasteiger partial charge in [0.2, 0.25) is 5.91 Å². The van der Waals surface area contributed by atoms with E-state index in [1.54, 1.807) is 0 Å². The molecule has 0 aliphatic rings. The molecular formula is C12H14BrNO3S. The zero-order valence-corrected chi connectivity index (χ0v) is 12.3. The fourth-order valence-corrected chi connectivity index (χ4v) is 2.59. The Morgan fingerprint density at radius 2 is 2.17 bits per heavy atom. The maximum absolute atomic E-state index is 11.4. The number of aliphatic carboxylic acids is 1. The predicted octanol–water partition coefficient (Wildman–Crippen LogP) is 2.44. The van der Waals surface area contributed by atoms with Crippen molar-refractivity contribution in [3.8, 4) is 0 Å². The summed E-state index contributed by atoms with van der Waals surface area (Å²) < 4.78 is 1.01. The van der Waals surface area contributed by atoms with E-state index in [9.17, 15) is 9.59 Å². The molecule has 1 amide bonds. The molecule has 0 radical (unpaired) electrons. The summed E-state index contributed by atoms with van der Waals surface area (Å²) >= 11 is 4.82. The summed E-state index contributed by atoms with van der Waals surface area (Å²) in [5.41, 5.74) is 1.10. The molecule has 0 aliphatic carbocycles. The second-order valence-corrected chi connectivity index (χ2v) is 5.63. The molecule has 4 nitrogen and oxygen atoms in total. The van der Waals surface area contributed by atoms with Crippen LogP contribution < -0.4 is 5.32 Å². The number of carboxylic acids is 1. The van der Waals surface area contributed by atoms with Gasteiger partial charge in [0.1, 0.15) is 0 Å². The average Bonchev–Trinajstić information content (AvgIpc) is 2.27. The summed E-state index contributed by atoms with van der Waals surface area (Å²) in [6.07, 6.45) is -0.0479. The van der Waals surface area contributed by atoms with Crippen LogP contribution in [0.3, 0.4) is 0 Å². The highest BCUT2D eigenvalue weighted by Gasteiger charge is 2.05. The molecule has 0 aromatic heterocycles. The lowest BCUT2D eigenvalue weighted by Crippen LogP contribution is -2.27. The highest BCUT2D eigenvalue weighted by Crippen LogP contribution is 2.24. The largest absolute Gasteiger partial charge is 0.481 e. The Kier molecular flexibility index (Phi) is 6.21. The summed E-state index contributed by atoms with van der Waals surface area (Å²) in [4.78, 5) is 22.8. The molecule has 1 aromatic rings. The molecule has 0 heterocycles. The van der Waals surface area contributed by atoms with Crippen molar-refractivity contribution in [3.63, 3.8) is 0 Å². The van der Waals surface area contributed by atoms with Crippen molar-refractivity contribution in [1.82, 2.24) is 5.32 Å². The minimum absolute atomic E-state index is 0.0479. The molecular weight excluding hydrogens is 318 g/mol. The molecule has 0 atom stereocenters. The van der Waals surface area contributed by atoms with Crippen LogP contribution in [-0.2, 0) is 9.59 Å². The highest BCUT2D eigenvalue weighted by atomic mass is 79.9. The number of halogens is 1. The van der Waals surface area contributed by atoms with E-state index in [2.05, 4.69) is 21.2 Å². The zero-order valence-electron chi connectivity index (χ0n) is 9.90. The molecule has 0 saturated heterocycles. The first kappa shape index (κ1) is 15.0. The maximum Gasteiger partial charge on any atom is 0.305 e. The van der Waals surface area contributed by atoms with Gasteiger partial charge in [0, 0.05) is 15.9 Å². The van der Waals surface area contributed by atoms with Crippen LogP contribution in [0.15, 0.2) is 27.6 Å². The smallest absolute Gasteiger partial charge is 0.305 e. The second-order valence-electron chi connectivity index (χ2n) is 3.69. The van der Waals surface area contributed by atoms with Gasteiger partial charge in [-0.1, -0.05) is 15.9 Å². The first-order chi connectivity index (χ1) is 8.49. The highest BCUT2D eigenvalue weighted by molar-refractivity contribution is 9.10. The van der Waals surface area contributed by atoms with E-state index in [0.717, 1.165) is 14.9 Å². The third-order valence-electron chi connectivity index (χ3n) is 2.16. The third-order valence-corrected chi connectivity index (χ3v) is 3.83. The number of thioether (sulfide) groups is 1. The fraction of sp³-hybridized carbons (Fsp3) is 0.333. The molecule has 1 aromatic carbocycles. The van der Waals surface area contributed by atoms with Crippen LogP contribution in [0.25, 0.3) is 0 Å². The fourth-order valence-electron chi connectivity index (χ4n) is 1.28. The maximum atomic E-state index is 11.4. The number of hydrogen-bond donors (Lipinski definition) is 2. The van der Waals surface area contributed by atoms with Gasteiger partial charge in [0.25, 0.3) is 0 Å². The number of rotatable bonds is 6. The minimum Gasteiger partial charge on any atom is -0.481 e. The molecule has 0 saturated carbocycles. The third kappa shape index (κ3) is 5.55. The van der Waals surface area contributed by atoms with Gasteiger partial charge in [0.05, 0.1) is 12.2 Å². The van der Waals surface area contributed by atoms with E-state index < -0.39 is 5.97 Å². The average molecular weight is 332 g/mol. The van der Waals surface area contributed by atoms with Crippen LogP contribution >= 0.6 is 27.7 Å². The van der Waals surface area contributed by atoms with Crippen molar-refractivity contribution in [2.45, 2.75) is 18.2 Å². The molecule has 0 aliphatic heterocycles. The topological polar surface area (TPSA) is 66.4 Å². The summed E-state index contributed by atoms with van der Waals surface area (Å²) in [5.74, 6) is -0.766. The van der Waals surface area contributed by atoms with Crippen molar-refractivity contribution in [2.24, 2.45) is 0 Å². The zero-order chi connectivity index (χ0) is 13.5. The number of amides is 1. The molecule has 0 bridgehead atoms. The first-order valence-corrected chi connectivity index (χ1v) is 7.14. The molecule has 1 rings (SSSR count). The lowest BCUT2D eigenvalue weighted by molar-refractivity contribution is -0.136. The van der Waals surface area contributed by atoms with Crippen LogP contribution in [-0.4, -0.2) is 29.3 Å². The number of nitrogens with one attached hydrogen (secondary N) is 1. The normalized spacial score (nSPS) is 10.1. The summed E-state index contributed by atoms with van der Waals surface area (Å²) in [7, 11) is 0. The monoisotopic (exact) mass is 331 g/mol. The van der Waals surface area contributed by atoms with Crippen molar-refractivity contribution >= 4 is 39.6 Å². The van der Waals surface area contributed by atoms with Gasteiger partial charge in [-0.25, -0.2) is 0 Å². The number of hydrogen-bond acceptors (Lipinski definition) is 3. The van der Waals surface area contributed by atoms with E-state index >= 15 is 0 Å². The first-order valence-electron chi connectivity index (χ1n) is 5.36. The molecule has 2 N–H and O–H groups in total. The lowest BCUT2D eigenvalue weighted by Gasteiger charge is -2.06. The summed E-state index contributed by atoms with van der Waals surface area (Å²) in [6, 6.07) is 5.87. The van der Waals surface area contributed by atoms with Gasteiger partial charge in [-0.15, -0.1) is 11.8 Å². The Bertz CT molecular complexity index is 451. The predicted molar refractivity (Wildman–Crippen MR) is 74.9 cm³/mol. The van der Waals surface area contributed by atoms with E-state index in [0.29, 0.717) is 5.75 Å².